The maximum Gasteiger partial charge on any atom is 0.244 e. The molecule has 0 saturated carbocycles. The summed E-state index contributed by atoms with van der Waals surface area (Å²) >= 11 is 1.69. The Morgan fingerprint density at radius 2 is 2.05 bits per heavy atom. The highest BCUT2D eigenvalue weighted by atomic mass is 32.1. The van der Waals surface area contributed by atoms with Crippen LogP contribution in [0.3, 0.4) is 0 Å². The normalized spacial score (nSPS) is 12.5. The second-order valence-corrected chi connectivity index (χ2v) is 5.98. The number of aryl methyl sites for hydroxylation is 1. The molecule has 1 N–H and O–H groups in total. The van der Waals surface area contributed by atoms with Gasteiger partial charge in [-0.25, -0.2) is 0 Å². The molecular formula is C17H19NO2S. The fourth-order valence-electron chi connectivity index (χ4n) is 1.91. The molecule has 110 valence electrons. The number of thiophene rings is 1. The van der Waals surface area contributed by atoms with Gasteiger partial charge in [0.15, 0.2) is 0 Å². The second kappa shape index (κ2) is 7.76. The zero-order valence-electron chi connectivity index (χ0n) is 12.2. The molecule has 0 fully saturated rings. The summed E-state index contributed by atoms with van der Waals surface area (Å²) in [4.78, 5) is 14.2. The highest BCUT2D eigenvalue weighted by molar-refractivity contribution is 7.12. The van der Waals surface area contributed by atoms with Gasteiger partial charge >= 0.3 is 0 Å². The van der Waals surface area contributed by atoms with Gasteiger partial charge in [0.1, 0.15) is 6.10 Å². The first-order valence-electron chi connectivity index (χ1n) is 6.79. The number of ether oxygens (including phenoxy) is 1. The maximum atomic E-state index is 11.8. The van der Waals surface area contributed by atoms with Gasteiger partial charge in [0.25, 0.3) is 0 Å². The first-order valence-corrected chi connectivity index (χ1v) is 7.61. The number of methoxy groups -OCH3 is 1. The van der Waals surface area contributed by atoms with Crippen molar-refractivity contribution in [1.82, 2.24) is 5.32 Å². The quantitative estimate of drug-likeness (QED) is 0.828. The fraction of sp³-hybridized carbons (Fsp3) is 0.235. The van der Waals surface area contributed by atoms with E-state index in [-0.39, 0.29) is 12.0 Å². The molecule has 1 aromatic heterocycles. The summed E-state index contributed by atoms with van der Waals surface area (Å²) in [6.45, 7) is 2.52. The molecule has 3 nitrogen and oxygen atoms in total. The number of carbonyl (C=O) groups is 1. The zero-order valence-corrected chi connectivity index (χ0v) is 13.0. The van der Waals surface area contributed by atoms with Gasteiger partial charge in [-0.05, 0) is 30.7 Å². The Kier molecular flexibility index (Phi) is 5.72. The third-order valence-corrected chi connectivity index (χ3v) is 4.14. The van der Waals surface area contributed by atoms with Gasteiger partial charge in [-0.3, -0.25) is 4.79 Å². The monoisotopic (exact) mass is 301 g/mol. The molecule has 0 aliphatic heterocycles. The number of hydrogen-bond donors (Lipinski definition) is 1. The molecule has 4 heteroatoms. The average Bonchev–Trinajstić information content (AvgIpc) is 2.93. The zero-order chi connectivity index (χ0) is 15.1. The Balaban J connectivity index is 1.86. The molecule has 1 atom stereocenters. The van der Waals surface area contributed by atoms with Crippen LogP contribution in [-0.4, -0.2) is 19.6 Å². The van der Waals surface area contributed by atoms with Crippen LogP contribution in [0.25, 0.3) is 6.08 Å². The Morgan fingerprint density at radius 1 is 1.29 bits per heavy atom. The lowest BCUT2D eigenvalue weighted by Crippen LogP contribution is -2.27. The van der Waals surface area contributed by atoms with Crippen molar-refractivity contribution in [2.45, 2.75) is 13.0 Å². The van der Waals surface area contributed by atoms with Crippen LogP contribution in [-0.2, 0) is 9.53 Å². The van der Waals surface area contributed by atoms with E-state index < -0.39 is 0 Å². The summed E-state index contributed by atoms with van der Waals surface area (Å²) in [6.07, 6.45) is 3.24. The van der Waals surface area contributed by atoms with Crippen LogP contribution in [0.15, 0.2) is 48.5 Å². The minimum Gasteiger partial charge on any atom is -0.374 e. The van der Waals surface area contributed by atoms with E-state index in [0.29, 0.717) is 6.54 Å². The lowest BCUT2D eigenvalue weighted by molar-refractivity contribution is -0.117. The van der Waals surface area contributed by atoms with Gasteiger partial charge in [-0.15, -0.1) is 11.3 Å². The fourth-order valence-corrected chi connectivity index (χ4v) is 2.87. The molecule has 0 spiro atoms. The minimum absolute atomic E-state index is 0.0993. The summed E-state index contributed by atoms with van der Waals surface area (Å²) < 4.78 is 5.43. The Morgan fingerprint density at radius 3 is 2.67 bits per heavy atom. The van der Waals surface area contributed by atoms with E-state index in [0.717, 1.165) is 10.4 Å². The van der Waals surface area contributed by atoms with Gasteiger partial charge in [-0.1, -0.05) is 30.3 Å². The molecule has 0 bridgehead atoms. The molecule has 1 heterocycles. The van der Waals surface area contributed by atoms with Crippen molar-refractivity contribution < 1.29 is 9.53 Å². The average molecular weight is 301 g/mol. The van der Waals surface area contributed by atoms with E-state index in [2.05, 4.69) is 18.3 Å². The predicted octanol–water partition coefficient (Wildman–Crippen LogP) is 3.57. The molecule has 0 aliphatic carbocycles. The summed E-state index contributed by atoms with van der Waals surface area (Å²) in [5.41, 5.74) is 1.00. The van der Waals surface area contributed by atoms with Crippen molar-refractivity contribution in [3.05, 3.63) is 63.9 Å². The molecule has 21 heavy (non-hydrogen) atoms. The summed E-state index contributed by atoms with van der Waals surface area (Å²) in [6, 6.07) is 13.8. The van der Waals surface area contributed by atoms with Gasteiger partial charge in [0.2, 0.25) is 5.91 Å². The second-order valence-electron chi connectivity index (χ2n) is 4.66. The largest absolute Gasteiger partial charge is 0.374 e. The number of nitrogens with one attached hydrogen (secondary N) is 1. The van der Waals surface area contributed by atoms with E-state index in [4.69, 9.17) is 4.74 Å². The van der Waals surface area contributed by atoms with Crippen LogP contribution < -0.4 is 5.32 Å². The van der Waals surface area contributed by atoms with E-state index >= 15 is 0 Å². The van der Waals surface area contributed by atoms with Crippen molar-refractivity contribution in [2.75, 3.05) is 13.7 Å². The van der Waals surface area contributed by atoms with Gasteiger partial charge < -0.3 is 10.1 Å². The van der Waals surface area contributed by atoms with Crippen molar-refractivity contribution >= 4 is 23.3 Å². The van der Waals surface area contributed by atoms with Gasteiger partial charge in [0.05, 0.1) is 0 Å². The Labute approximate surface area is 129 Å². The molecule has 0 aliphatic rings. The number of amides is 1. The van der Waals surface area contributed by atoms with Crippen LogP contribution in [0.5, 0.6) is 0 Å². The van der Waals surface area contributed by atoms with E-state index in [1.165, 1.54) is 4.88 Å². The molecule has 1 unspecified atom stereocenters. The number of rotatable bonds is 6. The van der Waals surface area contributed by atoms with Crippen LogP contribution >= 0.6 is 11.3 Å². The first-order chi connectivity index (χ1) is 10.2. The molecule has 1 aromatic carbocycles. The topological polar surface area (TPSA) is 38.3 Å². The SMILES string of the molecule is COC(CNC(=O)/C=C/c1ccccc1)c1ccc(C)s1. The van der Waals surface area contributed by atoms with Gasteiger partial charge in [-0.2, -0.15) is 0 Å². The third kappa shape index (κ3) is 4.85. The van der Waals surface area contributed by atoms with Crippen LogP contribution in [0, 0.1) is 6.92 Å². The maximum absolute atomic E-state index is 11.8. The van der Waals surface area contributed by atoms with Crippen molar-refractivity contribution in [1.29, 1.82) is 0 Å². The highest BCUT2D eigenvalue weighted by Crippen LogP contribution is 2.24. The molecule has 1 amide bonds. The van der Waals surface area contributed by atoms with Crippen LogP contribution in [0.2, 0.25) is 0 Å². The van der Waals surface area contributed by atoms with Crippen LogP contribution in [0.4, 0.5) is 0 Å². The number of hydrogen-bond acceptors (Lipinski definition) is 3. The molecule has 2 rings (SSSR count). The third-order valence-electron chi connectivity index (χ3n) is 3.05. The standard InChI is InChI=1S/C17H19NO2S/c1-13-8-10-16(21-13)15(20-2)12-18-17(19)11-9-14-6-4-3-5-7-14/h3-11,15H,12H2,1-2H3,(H,18,19)/b11-9+. The van der Waals surface area contributed by atoms with E-state index in [9.17, 15) is 4.79 Å². The molecule has 0 radical (unpaired) electrons. The lowest BCUT2D eigenvalue weighted by Gasteiger charge is -2.13. The Bertz CT molecular complexity index is 604. The van der Waals surface area contributed by atoms with Gasteiger partial charge in [0, 0.05) is 29.5 Å². The van der Waals surface area contributed by atoms with Crippen molar-refractivity contribution in [3.63, 3.8) is 0 Å². The molecule has 0 saturated heterocycles. The van der Waals surface area contributed by atoms with E-state index in [1.54, 1.807) is 30.6 Å². The van der Waals surface area contributed by atoms with Crippen LogP contribution in [0.1, 0.15) is 21.4 Å². The lowest BCUT2D eigenvalue weighted by atomic mass is 10.2. The molecule has 2 aromatic rings. The molecular weight excluding hydrogens is 282 g/mol. The minimum atomic E-state index is -0.116. The number of carbonyl (C=O) groups excluding carboxylic acids is 1. The van der Waals surface area contributed by atoms with Crippen molar-refractivity contribution in [2.24, 2.45) is 0 Å². The predicted molar refractivity (Wildman–Crippen MR) is 87.3 cm³/mol. The first kappa shape index (κ1) is 15.5. The van der Waals surface area contributed by atoms with Crippen molar-refractivity contribution in [3.8, 4) is 0 Å². The smallest absolute Gasteiger partial charge is 0.244 e. The number of benzene rings is 1. The summed E-state index contributed by atoms with van der Waals surface area (Å²) in [7, 11) is 1.66. The van der Waals surface area contributed by atoms with E-state index in [1.807, 2.05) is 36.4 Å². The summed E-state index contributed by atoms with van der Waals surface area (Å²) in [5, 5.41) is 2.87. The Hall–Kier alpha value is -1.91. The summed E-state index contributed by atoms with van der Waals surface area (Å²) in [5.74, 6) is -0.116. The highest BCUT2D eigenvalue weighted by Gasteiger charge is 2.12.